The molecule has 9 heteroatoms. The molecule has 0 unspecified atom stereocenters. The molecule has 0 aromatic heterocycles. The van der Waals surface area contributed by atoms with Crippen molar-refractivity contribution >= 4 is 51.2 Å². The average molecular weight is 730 g/mol. The molecular weight excluding hydrogens is 697 g/mol. The number of rotatable bonds is 9. The molecule has 7 aromatic carbocycles. The third-order valence-corrected chi connectivity index (χ3v) is 8.92. The molecule has 0 saturated carbocycles. The predicted octanol–water partition coefficient (Wildman–Crippen LogP) is 14.4. The molecule has 0 spiro atoms. The zero-order chi connectivity index (χ0) is 37.9. The molecule has 270 valence electrons. The molecule has 0 fully saturated rings. The lowest BCUT2D eigenvalue weighted by atomic mass is 10.1. The fraction of sp³-hybridized carbons (Fsp3) is 0.0667. The summed E-state index contributed by atoms with van der Waals surface area (Å²) in [4.78, 5) is 5.59. The Morgan fingerprint density at radius 3 is 0.870 bits per heavy atom. The molecular formula is C45H33F6N3. The highest BCUT2D eigenvalue weighted by molar-refractivity contribution is 5.83. The van der Waals surface area contributed by atoms with E-state index in [4.69, 9.17) is 0 Å². The molecule has 0 N–H and O–H groups in total. The molecule has 0 heterocycles. The summed E-state index contributed by atoms with van der Waals surface area (Å²) in [5.41, 5.74) is 5.42. The lowest BCUT2D eigenvalue weighted by molar-refractivity contribution is -0.138. The van der Waals surface area contributed by atoms with Gasteiger partial charge < -0.3 is 14.7 Å². The lowest BCUT2D eigenvalue weighted by Gasteiger charge is -2.30. The number of benzene rings is 7. The minimum absolute atomic E-state index is 0.360. The molecule has 0 radical (unpaired) electrons. The first kappa shape index (κ1) is 35.9. The first-order valence-electron chi connectivity index (χ1n) is 17.1. The quantitative estimate of drug-likeness (QED) is 0.137. The van der Waals surface area contributed by atoms with Crippen molar-refractivity contribution in [2.75, 3.05) is 14.7 Å². The van der Waals surface area contributed by atoms with Crippen LogP contribution in [0.25, 0.3) is 0 Å². The van der Waals surface area contributed by atoms with Crippen LogP contribution in [-0.2, 0) is 12.4 Å². The van der Waals surface area contributed by atoms with Crippen LogP contribution >= 0.6 is 0 Å². The van der Waals surface area contributed by atoms with E-state index in [1.807, 2.05) is 145 Å². The van der Waals surface area contributed by atoms with Crippen LogP contribution in [0.1, 0.15) is 16.7 Å². The molecule has 0 amide bonds. The van der Waals surface area contributed by atoms with E-state index in [0.29, 0.717) is 34.1 Å². The third-order valence-electron chi connectivity index (χ3n) is 8.92. The summed E-state index contributed by atoms with van der Waals surface area (Å²) < 4.78 is 82.6. The molecule has 0 aliphatic heterocycles. The SMILES string of the molecule is Cc1ccc(N(c2ccc(N(c3ccccc3)c3cccc(C(F)(F)F)c3)cc2)c2ccc(N(c3ccccc3)c3cccc(C(F)(F)F)c3)cc2)cc1. The van der Waals surface area contributed by atoms with Crippen LogP contribution < -0.4 is 14.7 Å². The summed E-state index contributed by atoms with van der Waals surface area (Å²) in [6.07, 6.45) is -9.00. The van der Waals surface area contributed by atoms with Crippen LogP contribution in [0.15, 0.2) is 182 Å². The maximum Gasteiger partial charge on any atom is 0.416 e. The van der Waals surface area contributed by atoms with Gasteiger partial charge in [0.15, 0.2) is 0 Å². The molecule has 0 saturated heterocycles. The Balaban J connectivity index is 1.29. The highest BCUT2D eigenvalue weighted by atomic mass is 19.4. The molecule has 0 aliphatic rings. The van der Waals surface area contributed by atoms with E-state index < -0.39 is 23.5 Å². The number of hydrogen-bond acceptors (Lipinski definition) is 3. The van der Waals surface area contributed by atoms with E-state index in [1.54, 1.807) is 21.9 Å². The summed E-state index contributed by atoms with van der Waals surface area (Å²) in [5.74, 6) is 0. The first-order valence-corrected chi connectivity index (χ1v) is 17.1. The van der Waals surface area contributed by atoms with Crippen LogP contribution in [0.3, 0.4) is 0 Å². The van der Waals surface area contributed by atoms with Crippen molar-refractivity contribution in [3.8, 4) is 0 Å². The van der Waals surface area contributed by atoms with Crippen LogP contribution in [0, 0.1) is 6.92 Å². The van der Waals surface area contributed by atoms with E-state index in [2.05, 4.69) is 0 Å². The molecule has 0 bridgehead atoms. The van der Waals surface area contributed by atoms with Gasteiger partial charge in [0.05, 0.1) is 11.1 Å². The molecule has 54 heavy (non-hydrogen) atoms. The lowest BCUT2D eigenvalue weighted by Crippen LogP contribution is -2.14. The minimum Gasteiger partial charge on any atom is -0.311 e. The number of aryl methyl sites for hydroxylation is 1. The van der Waals surface area contributed by atoms with Gasteiger partial charge in [-0.3, -0.25) is 0 Å². The Bertz CT molecular complexity index is 2160. The van der Waals surface area contributed by atoms with Crippen molar-refractivity contribution in [3.63, 3.8) is 0 Å². The first-order chi connectivity index (χ1) is 26.0. The normalized spacial score (nSPS) is 11.6. The summed E-state index contributed by atoms with van der Waals surface area (Å²) in [7, 11) is 0. The van der Waals surface area contributed by atoms with E-state index >= 15 is 0 Å². The number of alkyl halides is 6. The van der Waals surface area contributed by atoms with Gasteiger partial charge in [0, 0.05) is 51.2 Å². The van der Waals surface area contributed by atoms with E-state index in [-0.39, 0.29) is 0 Å². The Kier molecular flexibility index (Phi) is 9.88. The Hall–Kier alpha value is -6.48. The molecule has 0 aliphatic carbocycles. The number of hydrogen-bond donors (Lipinski definition) is 0. The van der Waals surface area contributed by atoms with Gasteiger partial charge >= 0.3 is 12.4 Å². The highest BCUT2D eigenvalue weighted by Crippen LogP contribution is 2.43. The van der Waals surface area contributed by atoms with Gasteiger partial charge in [0.2, 0.25) is 0 Å². The number of halogens is 6. The number of nitrogens with zero attached hydrogens (tertiary/aromatic N) is 3. The number of para-hydroxylation sites is 2. The second-order valence-electron chi connectivity index (χ2n) is 12.6. The van der Waals surface area contributed by atoms with Crippen LogP contribution in [-0.4, -0.2) is 0 Å². The standard InChI is InChI=1S/C45H33F6N3/c1-32-18-20-37(21-19-32)52(38-22-26-40(27-23-38)53(35-12-4-2-5-13-35)42-16-8-10-33(30-42)44(46,47)48)39-24-28-41(29-25-39)54(36-14-6-3-7-15-36)43-17-9-11-34(31-43)45(49,50)51/h2-31H,1H3. The van der Waals surface area contributed by atoms with Gasteiger partial charge in [-0.25, -0.2) is 0 Å². The van der Waals surface area contributed by atoms with Gasteiger partial charge in [-0.2, -0.15) is 26.3 Å². The summed E-state index contributed by atoms with van der Waals surface area (Å²) in [6.45, 7) is 2.00. The second-order valence-corrected chi connectivity index (χ2v) is 12.6. The molecule has 0 atom stereocenters. The van der Waals surface area contributed by atoms with E-state index in [1.165, 1.54) is 12.1 Å². The van der Waals surface area contributed by atoms with Crippen molar-refractivity contribution in [2.24, 2.45) is 0 Å². The van der Waals surface area contributed by atoms with Crippen molar-refractivity contribution in [1.82, 2.24) is 0 Å². The van der Waals surface area contributed by atoms with Crippen molar-refractivity contribution < 1.29 is 26.3 Å². The third kappa shape index (κ3) is 7.80. The zero-order valence-corrected chi connectivity index (χ0v) is 28.9. The molecule has 7 rings (SSSR count). The molecule has 3 nitrogen and oxygen atoms in total. The van der Waals surface area contributed by atoms with E-state index in [0.717, 1.165) is 46.9 Å². The van der Waals surface area contributed by atoms with Gasteiger partial charge in [-0.05, 0) is 128 Å². The van der Waals surface area contributed by atoms with Gasteiger partial charge in [0.25, 0.3) is 0 Å². The van der Waals surface area contributed by atoms with Crippen molar-refractivity contribution in [2.45, 2.75) is 19.3 Å². The highest BCUT2D eigenvalue weighted by Gasteiger charge is 2.32. The minimum atomic E-state index is -4.50. The average Bonchev–Trinajstić information content (AvgIpc) is 3.18. The molecule has 7 aromatic rings. The van der Waals surface area contributed by atoms with Gasteiger partial charge in [0.1, 0.15) is 0 Å². The largest absolute Gasteiger partial charge is 0.416 e. The Morgan fingerprint density at radius 1 is 0.296 bits per heavy atom. The van der Waals surface area contributed by atoms with Crippen LogP contribution in [0.2, 0.25) is 0 Å². The maximum atomic E-state index is 13.8. The maximum absolute atomic E-state index is 13.8. The van der Waals surface area contributed by atoms with Gasteiger partial charge in [-0.1, -0.05) is 66.2 Å². The summed E-state index contributed by atoms with van der Waals surface area (Å²) >= 11 is 0. The van der Waals surface area contributed by atoms with E-state index in [9.17, 15) is 26.3 Å². The fourth-order valence-corrected chi connectivity index (χ4v) is 6.33. The Morgan fingerprint density at radius 2 is 0.556 bits per heavy atom. The summed E-state index contributed by atoms with van der Waals surface area (Å²) in [5, 5.41) is 0. The Labute approximate surface area is 309 Å². The summed E-state index contributed by atoms with van der Waals surface area (Å²) in [6, 6.07) is 51.9. The predicted molar refractivity (Wildman–Crippen MR) is 205 cm³/mol. The number of anilines is 9. The van der Waals surface area contributed by atoms with Crippen LogP contribution in [0.4, 0.5) is 77.5 Å². The van der Waals surface area contributed by atoms with Crippen LogP contribution in [0.5, 0.6) is 0 Å². The monoisotopic (exact) mass is 729 g/mol. The fourth-order valence-electron chi connectivity index (χ4n) is 6.33. The second kappa shape index (κ2) is 14.9. The topological polar surface area (TPSA) is 9.72 Å². The van der Waals surface area contributed by atoms with Crippen molar-refractivity contribution in [3.05, 3.63) is 199 Å². The smallest absolute Gasteiger partial charge is 0.311 e. The zero-order valence-electron chi connectivity index (χ0n) is 28.9. The van der Waals surface area contributed by atoms with Gasteiger partial charge in [-0.15, -0.1) is 0 Å². The van der Waals surface area contributed by atoms with Crippen molar-refractivity contribution in [1.29, 1.82) is 0 Å².